The number of aromatic nitrogens is 1. The predicted octanol–water partition coefficient (Wildman–Crippen LogP) is 3.45. The summed E-state index contributed by atoms with van der Waals surface area (Å²) in [6.07, 6.45) is 4.00. The number of rotatable bonds is 5. The van der Waals surface area contributed by atoms with Crippen molar-refractivity contribution in [2.75, 3.05) is 0 Å². The molecule has 0 aliphatic rings. The first-order chi connectivity index (χ1) is 12.6. The molecule has 0 saturated heterocycles. The zero-order valence-electron chi connectivity index (χ0n) is 14.0. The number of allylic oxidation sites excluding steroid dienone is 1. The zero-order chi connectivity index (χ0) is 18.5. The number of amides is 1. The second kappa shape index (κ2) is 7.38. The van der Waals surface area contributed by atoms with E-state index in [4.69, 9.17) is 11.0 Å². The number of para-hydroxylation sites is 1. The van der Waals surface area contributed by atoms with Crippen LogP contribution in [0.4, 0.5) is 0 Å². The van der Waals surface area contributed by atoms with Gasteiger partial charge < -0.3 is 10.3 Å². The molecule has 1 amide bonds. The van der Waals surface area contributed by atoms with Crippen molar-refractivity contribution in [3.05, 3.63) is 71.4 Å². The molecule has 126 valence electrons. The van der Waals surface area contributed by atoms with Gasteiger partial charge in [0.15, 0.2) is 0 Å². The zero-order valence-corrected chi connectivity index (χ0v) is 14.0. The molecule has 26 heavy (non-hydrogen) atoms. The Morgan fingerprint density at radius 2 is 1.85 bits per heavy atom. The number of nitrogens with two attached hydrogens (primary N) is 1. The second-order valence-corrected chi connectivity index (χ2v) is 5.87. The number of carbonyl (C=O) groups is 1. The molecular formula is C21H16N4O. The van der Waals surface area contributed by atoms with Crippen molar-refractivity contribution in [3.8, 4) is 12.1 Å². The van der Waals surface area contributed by atoms with Crippen molar-refractivity contribution in [1.82, 2.24) is 4.57 Å². The van der Waals surface area contributed by atoms with Gasteiger partial charge in [-0.2, -0.15) is 10.5 Å². The van der Waals surface area contributed by atoms with Crippen LogP contribution in [0.15, 0.2) is 54.7 Å². The van der Waals surface area contributed by atoms with Crippen molar-refractivity contribution < 1.29 is 4.79 Å². The van der Waals surface area contributed by atoms with Gasteiger partial charge in [0, 0.05) is 35.6 Å². The van der Waals surface area contributed by atoms with Gasteiger partial charge in [-0.05, 0) is 29.8 Å². The van der Waals surface area contributed by atoms with Gasteiger partial charge in [0.1, 0.15) is 0 Å². The third-order valence-electron chi connectivity index (χ3n) is 4.16. The molecule has 0 saturated carbocycles. The molecule has 5 nitrogen and oxygen atoms in total. The normalized spacial score (nSPS) is 11.1. The van der Waals surface area contributed by atoms with E-state index in [2.05, 4.69) is 12.1 Å². The van der Waals surface area contributed by atoms with E-state index in [1.165, 1.54) is 0 Å². The smallest absolute Gasteiger partial charge is 0.219 e. The third-order valence-corrected chi connectivity index (χ3v) is 4.16. The summed E-state index contributed by atoms with van der Waals surface area (Å²) in [5, 5.41) is 19.5. The Labute approximate surface area is 151 Å². The van der Waals surface area contributed by atoms with Crippen LogP contribution in [0.2, 0.25) is 0 Å². The number of aryl methyl sites for hydroxylation is 1. The van der Waals surface area contributed by atoms with Crippen LogP contribution in [-0.2, 0) is 11.3 Å². The van der Waals surface area contributed by atoms with Gasteiger partial charge in [-0.15, -0.1) is 0 Å². The van der Waals surface area contributed by atoms with Crippen LogP contribution in [0.25, 0.3) is 22.6 Å². The van der Waals surface area contributed by atoms with E-state index in [0.717, 1.165) is 22.0 Å². The Morgan fingerprint density at radius 1 is 1.12 bits per heavy atom. The molecule has 3 aromatic rings. The molecule has 0 aliphatic carbocycles. The monoisotopic (exact) mass is 340 g/mol. The van der Waals surface area contributed by atoms with E-state index >= 15 is 0 Å². The number of fused-ring (bicyclic) bond motifs is 1. The fraction of sp³-hybridized carbons (Fsp3) is 0.0952. The summed E-state index contributed by atoms with van der Waals surface area (Å²) in [6.45, 7) is 0.489. The Balaban J connectivity index is 2.05. The Kier molecular flexibility index (Phi) is 4.83. The Bertz CT molecular complexity index is 1080. The number of hydrogen-bond acceptors (Lipinski definition) is 3. The number of hydrogen-bond donors (Lipinski definition) is 1. The molecule has 2 aromatic carbocycles. The minimum Gasteiger partial charge on any atom is -0.370 e. The van der Waals surface area contributed by atoms with Gasteiger partial charge in [-0.3, -0.25) is 4.79 Å². The number of nitrogens with zero attached hydrogens (tertiary/aromatic N) is 3. The highest BCUT2D eigenvalue weighted by Gasteiger charge is 2.09. The maximum Gasteiger partial charge on any atom is 0.219 e. The number of benzene rings is 2. The van der Waals surface area contributed by atoms with Crippen molar-refractivity contribution in [2.24, 2.45) is 5.73 Å². The summed E-state index contributed by atoms with van der Waals surface area (Å²) >= 11 is 0. The van der Waals surface area contributed by atoms with Crippen molar-refractivity contribution >= 4 is 28.5 Å². The number of primary amides is 1. The van der Waals surface area contributed by atoms with E-state index in [1.807, 2.05) is 41.1 Å². The lowest BCUT2D eigenvalue weighted by Crippen LogP contribution is -2.13. The molecule has 0 radical (unpaired) electrons. The van der Waals surface area contributed by atoms with Gasteiger partial charge in [0.05, 0.1) is 23.3 Å². The molecule has 0 fully saturated rings. The highest BCUT2D eigenvalue weighted by molar-refractivity contribution is 5.98. The van der Waals surface area contributed by atoms with Crippen molar-refractivity contribution in [2.45, 2.75) is 13.0 Å². The van der Waals surface area contributed by atoms with Gasteiger partial charge in [-0.25, -0.2) is 0 Å². The van der Waals surface area contributed by atoms with Crippen LogP contribution in [0.5, 0.6) is 0 Å². The standard InChI is InChI=1S/C21H16N4O/c22-12-15-5-7-16(8-6-15)17(13-23)11-18-14-25(10-9-21(24)26)20-4-2-1-3-19(18)20/h1-8,11,14H,9-10H2,(H2,24,26)/b17-11+. The predicted molar refractivity (Wildman–Crippen MR) is 100 cm³/mol. The van der Waals surface area contributed by atoms with E-state index in [1.54, 1.807) is 24.3 Å². The minimum atomic E-state index is -0.352. The lowest BCUT2D eigenvalue weighted by molar-refractivity contribution is -0.118. The van der Waals surface area contributed by atoms with Gasteiger partial charge >= 0.3 is 0 Å². The molecule has 1 aromatic heterocycles. The van der Waals surface area contributed by atoms with Gasteiger partial charge in [0.2, 0.25) is 5.91 Å². The molecule has 0 aliphatic heterocycles. The van der Waals surface area contributed by atoms with Crippen LogP contribution in [0, 0.1) is 22.7 Å². The van der Waals surface area contributed by atoms with Gasteiger partial charge in [0.25, 0.3) is 0 Å². The SMILES string of the molecule is N#C/C(=C\c1cn(CCC(N)=O)c2ccccc12)c1ccc(C#N)cc1. The highest BCUT2D eigenvalue weighted by Crippen LogP contribution is 2.26. The number of carbonyl (C=O) groups excluding carboxylic acids is 1. The molecule has 0 atom stereocenters. The molecule has 3 rings (SSSR count). The van der Waals surface area contributed by atoms with Crippen molar-refractivity contribution in [3.63, 3.8) is 0 Å². The first-order valence-electron chi connectivity index (χ1n) is 8.11. The van der Waals surface area contributed by atoms with E-state index in [9.17, 15) is 10.1 Å². The summed E-state index contributed by atoms with van der Waals surface area (Å²) in [4.78, 5) is 11.1. The molecule has 0 unspecified atom stereocenters. The average Bonchev–Trinajstić information content (AvgIpc) is 3.02. The van der Waals surface area contributed by atoms with E-state index in [0.29, 0.717) is 17.7 Å². The first-order valence-corrected chi connectivity index (χ1v) is 8.11. The summed E-state index contributed by atoms with van der Waals surface area (Å²) in [5.74, 6) is -0.352. The summed E-state index contributed by atoms with van der Waals surface area (Å²) in [5.41, 5.74) is 8.95. The molecule has 5 heteroatoms. The average molecular weight is 340 g/mol. The minimum absolute atomic E-state index is 0.253. The van der Waals surface area contributed by atoms with Crippen LogP contribution < -0.4 is 5.73 Å². The Hall–Kier alpha value is -3.83. The maximum absolute atomic E-state index is 11.1. The highest BCUT2D eigenvalue weighted by atomic mass is 16.1. The summed E-state index contributed by atoms with van der Waals surface area (Å²) in [6, 6.07) is 19.0. The van der Waals surface area contributed by atoms with E-state index < -0.39 is 0 Å². The summed E-state index contributed by atoms with van der Waals surface area (Å²) in [7, 11) is 0. The maximum atomic E-state index is 11.1. The summed E-state index contributed by atoms with van der Waals surface area (Å²) < 4.78 is 1.97. The Morgan fingerprint density at radius 3 is 2.50 bits per heavy atom. The lowest BCUT2D eigenvalue weighted by Gasteiger charge is -2.02. The van der Waals surface area contributed by atoms with Gasteiger partial charge in [-0.1, -0.05) is 30.3 Å². The number of nitriles is 2. The van der Waals surface area contributed by atoms with Crippen LogP contribution >= 0.6 is 0 Å². The van der Waals surface area contributed by atoms with Crippen molar-refractivity contribution in [1.29, 1.82) is 10.5 Å². The quantitative estimate of drug-likeness (QED) is 0.720. The fourth-order valence-electron chi connectivity index (χ4n) is 2.87. The molecule has 0 bridgehead atoms. The van der Waals surface area contributed by atoms with Crippen LogP contribution in [0.1, 0.15) is 23.1 Å². The molecular weight excluding hydrogens is 324 g/mol. The topological polar surface area (TPSA) is 95.6 Å². The van der Waals surface area contributed by atoms with Crippen LogP contribution in [-0.4, -0.2) is 10.5 Å². The third kappa shape index (κ3) is 3.48. The first kappa shape index (κ1) is 17.0. The largest absolute Gasteiger partial charge is 0.370 e. The van der Waals surface area contributed by atoms with Crippen LogP contribution in [0.3, 0.4) is 0 Å². The fourth-order valence-corrected chi connectivity index (χ4v) is 2.87. The molecule has 1 heterocycles. The molecule has 0 spiro atoms. The second-order valence-electron chi connectivity index (χ2n) is 5.87. The molecule has 2 N–H and O–H groups in total. The lowest BCUT2D eigenvalue weighted by atomic mass is 10.0. The van der Waals surface area contributed by atoms with E-state index in [-0.39, 0.29) is 12.3 Å².